The summed E-state index contributed by atoms with van der Waals surface area (Å²) in [4.78, 5) is 26.8. The van der Waals surface area contributed by atoms with Gasteiger partial charge in [-0.2, -0.15) is 0 Å². The zero-order valence-electron chi connectivity index (χ0n) is 9.53. The third-order valence-electron chi connectivity index (χ3n) is 2.04. The molecule has 1 aromatic heterocycles. The molecule has 0 fully saturated rings. The number of ketones is 1. The van der Waals surface area contributed by atoms with Gasteiger partial charge in [-0.15, -0.1) is 0 Å². The van der Waals surface area contributed by atoms with Crippen LogP contribution in [0.3, 0.4) is 0 Å². The van der Waals surface area contributed by atoms with E-state index in [0.29, 0.717) is 12.3 Å². The summed E-state index contributed by atoms with van der Waals surface area (Å²) in [7, 11) is 0. The van der Waals surface area contributed by atoms with Gasteiger partial charge in [0.25, 0.3) is 0 Å². The van der Waals surface area contributed by atoms with E-state index in [9.17, 15) is 9.59 Å². The molecule has 0 aliphatic heterocycles. The van der Waals surface area contributed by atoms with E-state index >= 15 is 0 Å². The molecule has 0 atom stereocenters. The minimum absolute atomic E-state index is 0.113. The van der Waals surface area contributed by atoms with Crippen LogP contribution in [0, 0.1) is 6.92 Å². The van der Waals surface area contributed by atoms with Gasteiger partial charge in [0.1, 0.15) is 5.69 Å². The summed E-state index contributed by atoms with van der Waals surface area (Å²) in [5.74, 6) is -0.472. The number of hydrogen-bond donors (Lipinski definition) is 0. The van der Waals surface area contributed by atoms with Crippen LogP contribution in [0.4, 0.5) is 0 Å². The van der Waals surface area contributed by atoms with Gasteiger partial charge < -0.3 is 4.74 Å². The quantitative estimate of drug-likeness (QED) is 0.563. The Balaban J connectivity index is 2.50. The van der Waals surface area contributed by atoms with E-state index in [1.807, 2.05) is 13.0 Å². The smallest absolute Gasteiger partial charge is 0.306 e. The molecule has 0 aliphatic rings. The van der Waals surface area contributed by atoms with E-state index < -0.39 is 0 Å². The fourth-order valence-electron chi connectivity index (χ4n) is 1.28. The lowest BCUT2D eigenvalue weighted by Gasteiger charge is -2.02. The Hall–Kier alpha value is -1.71. The average molecular weight is 221 g/mol. The molecule has 0 radical (unpaired) electrons. The van der Waals surface area contributed by atoms with Crippen molar-refractivity contribution in [3.63, 3.8) is 0 Å². The summed E-state index contributed by atoms with van der Waals surface area (Å²) in [6.45, 7) is 3.90. The highest BCUT2D eigenvalue weighted by Gasteiger charge is 2.10. The number of nitrogens with zero attached hydrogens (tertiary/aromatic N) is 1. The Kier molecular flexibility index (Phi) is 4.64. The second-order valence-corrected chi connectivity index (χ2v) is 3.39. The monoisotopic (exact) mass is 221 g/mol. The van der Waals surface area contributed by atoms with Gasteiger partial charge in [0.05, 0.1) is 13.0 Å². The van der Waals surface area contributed by atoms with Crippen LogP contribution in [0.15, 0.2) is 18.2 Å². The van der Waals surface area contributed by atoms with Crippen molar-refractivity contribution in [2.24, 2.45) is 0 Å². The number of aromatic nitrogens is 1. The molecule has 0 unspecified atom stereocenters. The lowest BCUT2D eigenvalue weighted by atomic mass is 10.1. The third-order valence-corrected chi connectivity index (χ3v) is 2.04. The molecule has 4 heteroatoms. The van der Waals surface area contributed by atoms with E-state index in [1.54, 1.807) is 19.1 Å². The molecule has 1 aromatic rings. The van der Waals surface area contributed by atoms with Crippen molar-refractivity contribution in [1.82, 2.24) is 4.98 Å². The van der Waals surface area contributed by atoms with Gasteiger partial charge in [-0.05, 0) is 26.0 Å². The summed E-state index contributed by atoms with van der Waals surface area (Å²) in [5, 5.41) is 0. The lowest BCUT2D eigenvalue weighted by Crippen LogP contribution is -2.09. The molecule has 16 heavy (non-hydrogen) atoms. The van der Waals surface area contributed by atoms with Crippen molar-refractivity contribution in [3.05, 3.63) is 29.6 Å². The second-order valence-electron chi connectivity index (χ2n) is 3.39. The van der Waals surface area contributed by atoms with Crippen LogP contribution in [0.1, 0.15) is 35.9 Å². The van der Waals surface area contributed by atoms with Crippen molar-refractivity contribution < 1.29 is 14.3 Å². The van der Waals surface area contributed by atoms with Crippen molar-refractivity contribution in [2.45, 2.75) is 26.7 Å². The Morgan fingerprint density at radius 2 is 2.06 bits per heavy atom. The van der Waals surface area contributed by atoms with Gasteiger partial charge >= 0.3 is 5.97 Å². The van der Waals surface area contributed by atoms with E-state index in [1.165, 1.54) is 0 Å². The topological polar surface area (TPSA) is 56.3 Å². The number of aryl methyl sites for hydroxylation is 1. The van der Waals surface area contributed by atoms with Crippen LogP contribution in [-0.4, -0.2) is 23.3 Å². The minimum atomic E-state index is -0.344. The molecule has 0 aromatic carbocycles. The van der Waals surface area contributed by atoms with Crippen LogP contribution < -0.4 is 0 Å². The van der Waals surface area contributed by atoms with Gasteiger partial charge in [-0.1, -0.05) is 6.07 Å². The van der Waals surface area contributed by atoms with Crippen molar-refractivity contribution >= 4 is 11.8 Å². The summed E-state index contributed by atoms with van der Waals surface area (Å²) in [5.41, 5.74) is 1.20. The SMILES string of the molecule is CCOC(=O)CCC(=O)c1cccc(C)n1. The fourth-order valence-corrected chi connectivity index (χ4v) is 1.28. The van der Waals surface area contributed by atoms with Crippen molar-refractivity contribution in [3.8, 4) is 0 Å². The fraction of sp³-hybridized carbons (Fsp3) is 0.417. The van der Waals surface area contributed by atoms with Gasteiger partial charge in [0.2, 0.25) is 0 Å². The molecular formula is C12H15NO3. The highest BCUT2D eigenvalue weighted by Crippen LogP contribution is 2.04. The maximum absolute atomic E-state index is 11.6. The highest BCUT2D eigenvalue weighted by molar-refractivity contribution is 5.95. The molecule has 1 rings (SSSR count). The summed E-state index contributed by atoms with van der Waals surface area (Å²) < 4.78 is 4.74. The number of carbonyl (C=O) groups excluding carboxylic acids is 2. The molecule has 0 amide bonds. The maximum atomic E-state index is 11.6. The summed E-state index contributed by atoms with van der Waals surface area (Å²) in [6, 6.07) is 5.25. The van der Waals surface area contributed by atoms with Crippen molar-refractivity contribution in [2.75, 3.05) is 6.61 Å². The Morgan fingerprint density at radius 3 is 2.69 bits per heavy atom. The molecule has 1 heterocycles. The first-order valence-corrected chi connectivity index (χ1v) is 5.26. The van der Waals surface area contributed by atoms with Gasteiger partial charge in [-0.3, -0.25) is 14.6 Å². The zero-order valence-corrected chi connectivity index (χ0v) is 9.53. The standard InChI is InChI=1S/C12H15NO3/c1-3-16-12(15)8-7-11(14)10-6-4-5-9(2)13-10/h4-6H,3,7-8H2,1-2H3. The number of pyridine rings is 1. The lowest BCUT2D eigenvalue weighted by molar-refractivity contribution is -0.143. The largest absolute Gasteiger partial charge is 0.466 e. The Morgan fingerprint density at radius 1 is 1.31 bits per heavy atom. The van der Waals surface area contributed by atoms with E-state index in [0.717, 1.165) is 5.69 Å². The predicted octanol–water partition coefficient (Wildman–Crippen LogP) is 1.92. The van der Waals surface area contributed by atoms with E-state index in [2.05, 4.69) is 4.98 Å². The first kappa shape index (κ1) is 12.4. The highest BCUT2D eigenvalue weighted by atomic mass is 16.5. The third kappa shape index (κ3) is 3.81. The first-order chi connectivity index (χ1) is 7.63. The van der Waals surface area contributed by atoms with Crippen LogP contribution >= 0.6 is 0 Å². The first-order valence-electron chi connectivity index (χ1n) is 5.26. The molecule has 0 saturated carbocycles. The maximum Gasteiger partial charge on any atom is 0.306 e. The molecular weight excluding hydrogens is 206 g/mol. The van der Waals surface area contributed by atoms with Crippen LogP contribution in [0.5, 0.6) is 0 Å². The molecule has 0 aliphatic carbocycles. The molecule has 0 bridgehead atoms. The molecule has 86 valence electrons. The van der Waals surface area contributed by atoms with Crippen LogP contribution in [0.25, 0.3) is 0 Å². The normalized spacial score (nSPS) is 9.88. The van der Waals surface area contributed by atoms with E-state index in [-0.39, 0.29) is 24.6 Å². The molecule has 0 spiro atoms. The Bertz CT molecular complexity index is 388. The predicted molar refractivity (Wildman–Crippen MR) is 59.2 cm³/mol. The number of esters is 1. The average Bonchev–Trinajstić information content (AvgIpc) is 2.26. The molecule has 0 N–H and O–H groups in total. The van der Waals surface area contributed by atoms with Gasteiger partial charge in [0, 0.05) is 12.1 Å². The molecule has 4 nitrogen and oxygen atoms in total. The van der Waals surface area contributed by atoms with Crippen LogP contribution in [-0.2, 0) is 9.53 Å². The van der Waals surface area contributed by atoms with Gasteiger partial charge in [0.15, 0.2) is 5.78 Å². The van der Waals surface area contributed by atoms with Gasteiger partial charge in [-0.25, -0.2) is 0 Å². The summed E-state index contributed by atoms with van der Waals surface area (Å²) in [6.07, 6.45) is 0.261. The summed E-state index contributed by atoms with van der Waals surface area (Å²) >= 11 is 0. The number of ether oxygens (including phenoxy) is 1. The number of rotatable bonds is 5. The number of hydrogen-bond acceptors (Lipinski definition) is 4. The van der Waals surface area contributed by atoms with E-state index in [4.69, 9.17) is 4.74 Å². The number of Topliss-reactive ketones (excluding diaryl/α,β-unsaturated/α-hetero) is 1. The van der Waals surface area contributed by atoms with Crippen molar-refractivity contribution in [1.29, 1.82) is 0 Å². The second kappa shape index (κ2) is 6.00. The minimum Gasteiger partial charge on any atom is -0.466 e. The zero-order chi connectivity index (χ0) is 12.0. The van der Waals surface area contributed by atoms with Crippen LogP contribution in [0.2, 0.25) is 0 Å². The number of carbonyl (C=O) groups is 2. The Labute approximate surface area is 94.6 Å². The molecule has 0 saturated heterocycles.